The van der Waals surface area contributed by atoms with Crippen molar-refractivity contribution in [2.24, 2.45) is 0 Å². The second-order valence-corrected chi connectivity index (χ2v) is 10.3. The van der Waals surface area contributed by atoms with Gasteiger partial charge < -0.3 is 54.3 Å². The number of aliphatic hydroxyl groups excluding tert-OH is 6. The number of hydrogen-bond donors (Lipinski definition) is 6. The molecule has 6 N–H and O–H groups in total. The van der Waals surface area contributed by atoms with Gasteiger partial charge in [0, 0.05) is 12.8 Å². The van der Waals surface area contributed by atoms with Gasteiger partial charge in [0.1, 0.15) is 49.3 Å². The van der Waals surface area contributed by atoms with Crippen LogP contribution in [-0.2, 0) is 23.7 Å². The zero-order valence-electron chi connectivity index (χ0n) is 21.5. The Hall–Kier alpha value is -0.440. The summed E-state index contributed by atoms with van der Waals surface area (Å²) in [5.41, 5.74) is 0. The minimum Gasteiger partial charge on any atom is -0.394 e. The summed E-state index contributed by atoms with van der Waals surface area (Å²) in [4.78, 5) is 0. The van der Waals surface area contributed by atoms with Crippen LogP contribution in [0.2, 0.25) is 0 Å². The van der Waals surface area contributed by atoms with Crippen molar-refractivity contribution < 1.29 is 54.3 Å². The minimum atomic E-state index is -2.15. The van der Waals surface area contributed by atoms with Gasteiger partial charge in [0.2, 0.25) is 5.79 Å². The molecule has 11 nitrogen and oxygen atoms in total. The molecular formula is C25H46O11. The summed E-state index contributed by atoms with van der Waals surface area (Å²) in [6, 6.07) is 0. The van der Waals surface area contributed by atoms with E-state index < -0.39 is 73.8 Å². The van der Waals surface area contributed by atoms with Gasteiger partial charge >= 0.3 is 0 Å². The monoisotopic (exact) mass is 522 g/mol. The maximum atomic E-state index is 11.0. The average Bonchev–Trinajstić information content (AvgIpc) is 3.13. The Kier molecular flexibility index (Phi) is 11.3. The molecule has 0 saturated carbocycles. The topological polar surface area (TPSA) is 168 Å². The predicted molar refractivity (Wildman–Crippen MR) is 127 cm³/mol. The number of fused-ring (bicyclic) bond motifs is 1. The first-order valence-electron chi connectivity index (χ1n) is 13.5. The van der Waals surface area contributed by atoms with E-state index in [1.54, 1.807) is 0 Å². The fourth-order valence-electron chi connectivity index (χ4n) is 5.29. The average molecular weight is 523 g/mol. The Labute approximate surface area is 213 Å². The first-order valence-corrected chi connectivity index (χ1v) is 13.5. The van der Waals surface area contributed by atoms with Crippen LogP contribution < -0.4 is 0 Å². The lowest BCUT2D eigenvalue weighted by molar-refractivity contribution is -0.422. The van der Waals surface area contributed by atoms with E-state index >= 15 is 0 Å². The molecule has 3 rings (SSSR count). The molecule has 3 saturated heterocycles. The maximum Gasteiger partial charge on any atom is 0.224 e. The number of hydrogen-bond acceptors (Lipinski definition) is 11. The summed E-state index contributed by atoms with van der Waals surface area (Å²) < 4.78 is 29.5. The molecule has 3 heterocycles. The molecule has 0 aliphatic carbocycles. The summed E-state index contributed by atoms with van der Waals surface area (Å²) in [5, 5.41) is 61.6. The number of aliphatic hydroxyl groups is 6. The van der Waals surface area contributed by atoms with Gasteiger partial charge in [-0.25, -0.2) is 0 Å². The second-order valence-electron chi connectivity index (χ2n) is 10.3. The molecule has 3 aliphatic heterocycles. The molecule has 11 heteroatoms. The summed E-state index contributed by atoms with van der Waals surface area (Å²) in [7, 11) is 0. The van der Waals surface area contributed by atoms with Crippen LogP contribution in [0.15, 0.2) is 0 Å². The Balaban J connectivity index is 1.69. The van der Waals surface area contributed by atoms with Crippen LogP contribution in [-0.4, -0.2) is 111 Å². The smallest absolute Gasteiger partial charge is 0.224 e. The van der Waals surface area contributed by atoms with Gasteiger partial charge in [-0.1, -0.05) is 52.4 Å². The first-order chi connectivity index (χ1) is 17.3. The Morgan fingerprint density at radius 1 is 0.806 bits per heavy atom. The van der Waals surface area contributed by atoms with Crippen molar-refractivity contribution >= 4 is 0 Å². The van der Waals surface area contributed by atoms with Crippen LogP contribution in [0.5, 0.6) is 0 Å². The van der Waals surface area contributed by atoms with Crippen molar-refractivity contribution in [1.82, 2.24) is 0 Å². The van der Waals surface area contributed by atoms with Gasteiger partial charge in [0.15, 0.2) is 12.1 Å². The van der Waals surface area contributed by atoms with Gasteiger partial charge in [-0.2, -0.15) is 0 Å². The van der Waals surface area contributed by atoms with Gasteiger partial charge in [0.05, 0.1) is 13.2 Å². The first kappa shape index (κ1) is 30.1. The molecule has 36 heavy (non-hydrogen) atoms. The quantitative estimate of drug-likeness (QED) is 0.174. The summed E-state index contributed by atoms with van der Waals surface area (Å²) in [5.74, 6) is -3.01. The third-order valence-electron chi connectivity index (χ3n) is 7.55. The SMILES string of the molecule is CCCCCCC1(CCCCCC)OC[C@H]2O[C@H](O[C@]3(CO)O[C@H](CO)[C@@H](O)[C@@H]3O)[C@H](O)[C@@H](O)[C@@H]2O1. The zero-order chi connectivity index (χ0) is 26.3. The summed E-state index contributed by atoms with van der Waals surface area (Å²) in [6.07, 6.45) is -0.806. The largest absolute Gasteiger partial charge is 0.394 e. The molecule has 212 valence electrons. The summed E-state index contributed by atoms with van der Waals surface area (Å²) in [6.45, 7) is 2.90. The van der Waals surface area contributed by atoms with Gasteiger partial charge in [-0.3, -0.25) is 0 Å². The fraction of sp³-hybridized carbons (Fsp3) is 1.00. The number of ether oxygens (including phenoxy) is 5. The van der Waals surface area contributed by atoms with Crippen molar-refractivity contribution in [3.05, 3.63) is 0 Å². The lowest BCUT2D eigenvalue weighted by atomic mass is 9.93. The van der Waals surface area contributed by atoms with Crippen LogP contribution in [0.3, 0.4) is 0 Å². The Morgan fingerprint density at radius 2 is 1.44 bits per heavy atom. The second kappa shape index (κ2) is 13.6. The van der Waals surface area contributed by atoms with Gasteiger partial charge in [0.25, 0.3) is 0 Å². The van der Waals surface area contributed by atoms with Crippen LogP contribution in [0, 0.1) is 0 Å². The lowest BCUT2D eigenvalue weighted by Crippen LogP contribution is -2.67. The molecule has 0 unspecified atom stereocenters. The van der Waals surface area contributed by atoms with Crippen LogP contribution in [0.25, 0.3) is 0 Å². The van der Waals surface area contributed by atoms with Crippen LogP contribution in [0.1, 0.15) is 78.1 Å². The van der Waals surface area contributed by atoms with Gasteiger partial charge in [-0.05, 0) is 12.8 Å². The molecule has 0 aromatic heterocycles. The van der Waals surface area contributed by atoms with E-state index in [2.05, 4.69) is 13.8 Å². The highest BCUT2D eigenvalue weighted by molar-refractivity contribution is 4.99. The molecule has 3 fully saturated rings. The third-order valence-corrected chi connectivity index (χ3v) is 7.55. The van der Waals surface area contributed by atoms with E-state index in [0.29, 0.717) is 12.8 Å². The normalized spacial score (nSPS) is 40.3. The zero-order valence-corrected chi connectivity index (χ0v) is 21.5. The predicted octanol–water partition coefficient (Wildman–Crippen LogP) is 0.304. The molecule has 0 bridgehead atoms. The summed E-state index contributed by atoms with van der Waals surface area (Å²) >= 11 is 0. The van der Waals surface area contributed by atoms with Crippen molar-refractivity contribution in [3.63, 3.8) is 0 Å². The van der Waals surface area contributed by atoms with Crippen LogP contribution >= 0.6 is 0 Å². The standard InChI is InChI=1S/C25H46O11/c1-3-5-7-9-11-24(12-10-8-6-4-2)32-14-17-21(35-24)19(29)20(30)23(33-17)36-25(15-27)22(31)18(28)16(13-26)34-25/h16-23,26-31H,3-15H2,1-2H3/t16-,17-,18-,19-,20-,21-,22+,23-,25+/m1/s1. The lowest BCUT2D eigenvalue weighted by Gasteiger charge is -2.51. The molecule has 3 aliphatic rings. The van der Waals surface area contributed by atoms with Gasteiger partial charge in [-0.15, -0.1) is 0 Å². The van der Waals surface area contributed by atoms with E-state index in [1.807, 2.05) is 0 Å². The highest BCUT2D eigenvalue weighted by atomic mass is 16.8. The molecule has 0 radical (unpaired) electrons. The highest BCUT2D eigenvalue weighted by Gasteiger charge is 2.59. The maximum absolute atomic E-state index is 11.0. The molecule has 0 amide bonds. The fourth-order valence-corrected chi connectivity index (χ4v) is 5.29. The van der Waals surface area contributed by atoms with E-state index in [9.17, 15) is 30.6 Å². The molecule has 0 aromatic carbocycles. The molecular weight excluding hydrogens is 476 g/mol. The number of rotatable bonds is 14. The Bertz CT molecular complexity index is 637. The van der Waals surface area contributed by atoms with Crippen LogP contribution in [0.4, 0.5) is 0 Å². The van der Waals surface area contributed by atoms with Crippen molar-refractivity contribution in [3.8, 4) is 0 Å². The van der Waals surface area contributed by atoms with Crippen molar-refractivity contribution in [1.29, 1.82) is 0 Å². The van der Waals surface area contributed by atoms with E-state index in [-0.39, 0.29) is 6.61 Å². The highest BCUT2D eigenvalue weighted by Crippen LogP contribution is 2.41. The van der Waals surface area contributed by atoms with Crippen molar-refractivity contribution in [2.45, 2.75) is 139 Å². The third kappa shape index (κ3) is 6.58. The minimum absolute atomic E-state index is 0.104. The molecule has 0 spiro atoms. The Morgan fingerprint density at radius 3 is 1.97 bits per heavy atom. The number of unbranched alkanes of at least 4 members (excludes halogenated alkanes) is 6. The van der Waals surface area contributed by atoms with E-state index in [0.717, 1.165) is 51.4 Å². The molecule has 0 aromatic rings. The van der Waals surface area contributed by atoms with Crippen molar-refractivity contribution in [2.75, 3.05) is 19.8 Å². The van der Waals surface area contributed by atoms with E-state index in [4.69, 9.17) is 23.7 Å². The molecule has 9 atom stereocenters. The van der Waals surface area contributed by atoms with E-state index in [1.165, 1.54) is 0 Å².